The number of carboxylic acids is 1. The van der Waals surface area contributed by atoms with E-state index in [1.165, 1.54) is 0 Å². The number of carboxylic acid groups (broad SMARTS) is 1. The third-order valence-corrected chi connectivity index (χ3v) is 3.13. The standard InChI is InChI=1S/C13H15FN2O4/c14-9-3-1-7(13(18)19)5-10(9)16-12(17)11-4-2-8(6-15)20-11/h1,3,5,8,11H,2,4,6,15H2,(H,16,17)(H,18,19). The lowest BCUT2D eigenvalue weighted by atomic mass is 10.1. The number of carbonyl (C=O) groups is 2. The Labute approximate surface area is 114 Å². The number of hydrogen-bond donors (Lipinski definition) is 3. The normalized spacial score (nSPS) is 21.7. The SMILES string of the molecule is NCC1CCC(C(=O)Nc2cc(C(=O)O)ccc2F)O1. The Morgan fingerprint density at radius 1 is 1.45 bits per heavy atom. The summed E-state index contributed by atoms with van der Waals surface area (Å²) in [6.07, 6.45) is 0.331. The third-order valence-electron chi connectivity index (χ3n) is 3.13. The quantitative estimate of drug-likeness (QED) is 0.763. The minimum atomic E-state index is -1.19. The largest absolute Gasteiger partial charge is 0.478 e. The lowest BCUT2D eigenvalue weighted by Crippen LogP contribution is -2.30. The number of halogens is 1. The molecule has 1 saturated heterocycles. The Morgan fingerprint density at radius 3 is 2.80 bits per heavy atom. The predicted molar refractivity (Wildman–Crippen MR) is 68.9 cm³/mol. The summed E-state index contributed by atoms with van der Waals surface area (Å²) in [6.45, 7) is 0.326. The third kappa shape index (κ3) is 3.12. The molecule has 0 bridgehead atoms. The van der Waals surface area contributed by atoms with Gasteiger partial charge in [0.2, 0.25) is 0 Å². The van der Waals surface area contributed by atoms with Crippen LogP contribution in [0.15, 0.2) is 18.2 Å². The van der Waals surface area contributed by atoms with Crippen LogP contribution in [-0.4, -0.2) is 35.7 Å². The first-order valence-electron chi connectivity index (χ1n) is 6.20. The van der Waals surface area contributed by atoms with Crippen LogP contribution in [0.2, 0.25) is 0 Å². The van der Waals surface area contributed by atoms with Gasteiger partial charge in [0, 0.05) is 6.54 Å². The molecule has 7 heteroatoms. The number of hydrogen-bond acceptors (Lipinski definition) is 4. The van der Waals surface area contributed by atoms with Gasteiger partial charge in [-0.15, -0.1) is 0 Å². The van der Waals surface area contributed by atoms with Gasteiger partial charge in [-0.25, -0.2) is 9.18 Å². The van der Waals surface area contributed by atoms with Crippen molar-refractivity contribution in [2.45, 2.75) is 25.0 Å². The summed E-state index contributed by atoms with van der Waals surface area (Å²) in [5, 5.41) is 11.2. The van der Waals surface area contributed by atoms with Crippen LogP contribution in [0.5, 0.6) is 0 Å². The van der Waals surface area contributed by atoms with Crippen LogP contribution < -0.4 is 11.1 Å². The maximum Gasteiger partial charge on any atom is 0.335 e. The second-order valence-electron chi connectivity index (χ2n) is 4.55. The van der Waals surface area contributed by atoms with Crippen LogP contribution in [0.4, 0.5) is 10.1 Å². The highest BCUT2D eigenvalue weighted by Gasteiger charge is 2.30. The van der Waals surface area contributed by atoms with E-state index in [-0.39, 0.29) is 17.4 Å². The Morgan fingerprint density at radius 2 is 2.20 bits per heavy atom. The van der Waals surface area contributed by atoms with Gasteiger partial charge in [0.1, 0.15) is 11.9 Å². The van der Waals surface area contributed by atoms with E-state index in [4.69, 9.17) is 15.6 Å². The molecule has 6 nitrogen and oxygen atoms in total. The number of anilines is 1. The van der Waals surface area contributed by atoms with Crippen LogP contribution in [0.3, 0.4) is 0 Å². The van der Waals surface area contributed by atoms with E-state index >= 15 is 0 Å². The van der Waals surface area contributed by atoms with Gasteiger partial charge in [0.05, 0.1) is 17.4 Å². The Bertz CT molecular complexity index is 535. The molecule has 108 valence electrons. The fourth-order valence-electron chi connectivity index (χ4n) is 2.04. The topological polar surface area (TPSA) is 102 Å². The number of aromatic carboxylic acids is 1. The highest BCUT2D eigenvalue weighted by molar-refractivity contribution is 5.96. The Hall–Kier alpha value is -1.99. The molecule has 0 aromatic heterocycles. The van der Waals surface area contributed by atoms with Gasteiger partial charge in [0.15, 0.2) is 0 Å². The first-order chi connectivity index (χ1) is 9.51. The first-order valence-corrected chi connectivity index (χ1v) is 6.20. The zero-order valence-electron chi connectivity index (χ0n) is 10.6. The van der Waals surface area contributed by atoms with Crippen molar-refractivity contribution in [2.75, 3.05) is 11.9 Å². The van der Waals surface area contributed by atoms with Crippen molar-refractivity contribution in [3.8, 4) is 0 Å². The molecule has 20 heavy (non-hydrogen) atoms. The van der Waals surface area contributed by atoms with Crippen LogP contribution in [0, 0.1) is 5.82 Å². The van der Waals surface area contributed by atoms with Crippen molar-refractivity contribution >= 4 is 17.6 Å². The van der Waals surface area contributed by atoms with Gasteiger partial charge in [-0.3, -0.25) is 4.79 Å². The Balaban J connectivity index is 2.08. The molecule has 0 saturated carbocycles. The average molecular weight is 282 g/mol. The van der Waals surface area contributed by atoms with E-state index < -0.39 is 23.8 Å². The zero-order chi connectivity index (χ0) is 14.7. The van der Waals surface area contributed by atoms with E-state index in [1.807, 2.05) is 0 Å². The molecular weight excluding hydrogens is 267 g/mol. The number of nitrogens with one attached hydrogen (secondary N) is 1. The summed E-state index contributed by atoms with van der Waals surface area (Å²) >= 11 is 0. The van der Waals surface area contributed by atoms with Crippen molar-refractivity contribution in [3.05, 3.63) is 29.6 Å². The molecule has 1 fully saturated rings. The fourth-order valence-corrected chi connectivity index (χ4v) is 2.04. The number of nitrogens with two attached hydrogens (primary N) is 1. The molecule has 4 N–H and O–H groups in total. The van der Waals surface area contributed by atoms with Crippen molar-refractivity contribution in [2.24, 2.45) is 5.73 Å². The molecule has 1 aromatic carbocycles. The van der Waals surface area contributed by atoms with Crippen molar-refractivity contribution in [1.29, 1.82) is 0 Å². The number of rotatable bonds is 4. The van der Waals surface area contributed by atoms with Crippen LogP contribution in [0.25, 0.3) is 0 Å². The molecular formula is C13H15FN2O4. The second-order valence-corrected chi connectivity index (χ2v) is 4.55. The van der Waals surface area contributed by atoms with E-state index in [0.717, 1.165) is 18.2 Å². The number of ether oxygens (including phenoxy) is 1. The zero-order valence-corrected chi connectivity index (χ0v) is 10.6. The monoisotopic (exact) mass is 282 g/mol. The maximum absolute atomic E-state index is 13.6. The van der Waals surface area contributed by atoms with Gasteiger partial charge in [-0.2, -0.15) is 0 Å². The van der Waals surface area contributed by atoms with Crippen LogP contribution in [-0.2, 0) is 9.53 Å². The summed E-state index contributed by atoms with van der Waals surface area (Å²) in [7, 11) is 0. The predicted octanol–water partition coefficient (Wildman–Crippen LogP) is 0.969. The Kier molecular flexibility index (Phi) is 4.31. The molecule has 1 heterocycles. The molecule has 2 rings (SSSR count). The molecule has 0 spiro atoms. The molecule has 2 unspecified atom stereocenters. The maximum atomic E-state index is 13.6. The van der Waals surface area contributed by atoms with Crippen LogP contribution >= 0.6 is 0 Å². The molecule has 1 aliphatic rings. The van der Waals surface area contributed by atoms with Gasteiger partial charge >= 0.3 is 5.97 Å². The minimum Gasteiger partial charge on any atom is -0.478 e. The smallest absolute Gasteiger partial charge is 0.335 e. The number of amides is 1. The van der Waals surface area contributed by atoms with Gasteiger partial charge in [-0.05, 0) is 31.0 Å². The second kappa shape index (κ2) is 5.98. The summed E-state index contributed by atoms with van der Waals surface area (Å²) < 4.78 is 18.9. The van der Waals surface area contributed by atoms with Crippen molar-refractivity contribution in [1.82, 2.24) is 0 Å². The number of carbonyl (C=O) groups excluding carboxylic acids is 1. The number of benzene rings is 1. The van der Waals surface area contributed by atoms with Gasteiger partial charge < -0.3 is 20.9 Å². The fraction of sp³-hybridized carbons (Fsp3) is 0.385. The highest BCUT2D eigenvalue weighted by Crippen LogP contribution is 2.22. The summed E-state index contributed by atoms with van der Waals surface area (Å²) in [5.41, 5.74) is 5.17. The van der Waals surface area contributed by atoms with E-state index in [0.29, 0.717) is 19.4 Å². The minimum absolute atomic E-state index is 0.103. The van der Waals surface area contributed by atoms with Gasteiger partial charge in [-0.1, -0.05) is 0 Å². The average Bonchev–Trinajstić information content (AvgIpc) is 2.89. The molecule has 1 aromatic rings. The summed E-state index contributed by atoms with van der Waals surface area (Å²) in [5.74, 6) is -2.39. The molecule has 2 atom stereocenters. The van der Waals surface area contributed by atoms with Crippen LogP contribution in [0.1, 0.15) is 23.2 Å². The summed E-state index contributed by atoms with van der Waals surface area (Å²) in [4.78, 5) is 22.7. The molecule has 1 amide bonds. The van der Waals surface area contributed by atoms with E-state index in [9.17, 15) is 14.0 Å². The molecule has 0 radical (unpaired) electrons. The lowest BCUT2D eigenvalue weighted by Gasteiger charge is -2.13. The van der Waals surface area contributed by atoms with Crippen molar-refractivity contribution in [3.63, 3.8) is 0 Å². The van der Waals surface area contributed by atoms with Gasteiger partial charge in [0.25, 0.3) is 5.91 Å². The van der Waals surface area contributed by atoms with E-state index in [2.05, 4.69) is 5.32 Å². The molecule has 1 aliphatic heterocycles. The van der Waals surface area contributed by atoms with Crippen molar-refractivity contribution < 1.29 is 23.8 Å². The lowest BCUT2D eigenvalue weighted by molar-refractivity contribution is -0.126. The van der Waals surface area contributed by atoms with E-state index in [1.54, 1.807) is 0 Å². The molecule has 0 aliphatic carbocycles. The summed E-state index contributed by atoms with van der Waals surface area (Å²) in [6, 6.07) is 3.20. The highest BCUT2D eigenvalue weighted by atomic mass is 19.1. The first kappa shape index (κ1) is 14.4.